The molecule has 6 nitrogen and oxygen atoms in total. The molecule has 1 atom stereocenters. The topological polar surface area (TPSA) is 80.1 Å². The molecular weight excluding hydrogens is 398 g/mol. The summed E-state index contributed by atoms with van der Waals surface area (Å²) >= 11 is 6.33. The molecular formula is C23H22ClN5O. The second kappa shape index (κ2) is 7.52. The second-order valence-electron chi connectivity index (χ2n) is 7.44. The van der Waals surface area contributed by atoms with Crippen molar-refractivity contribution in [1.29, 1.82) is 5.26 Å². The van der Waals surface area contributed by atoms with Crippen molar-refractivity contribution in [2.24, 2.45) is 5.73 Å². The zero-order valence-corrected chi connectivity index (χ0v) is 18.0. The molecule has 0 bridgehead atoms. The Morgan fingerprint density at radius 1 is 1.17 bits per heavy atom. The van der Waals surface area contributed by atoms with Crippen molar-refractivity contribution in [2.45, 2.75) is 20.1 Å². The average Bonchev–Trinajstić information content (AvgIpc) is 3.04. The minimum absolute atomic E-state index is 0.380. The maximum atomic E-state index is 9.84. The van der Waals surface area contributed by atoms with Crippen molar-refractivity contribution in [3.05, 3.63) is 75.4 Å². The molecule has 2 N–H and O–H groups in total. The minimum atomic E-state index is -0.889. The van der Waals surface area contributed by atoms with Crippen LogP contribution in [0.5, 0.6) is 5.88 Å². The number of hydrogen-bond donors (Lipinski definition) is 1. The van der Waals surface area contributed by atoms with E-state index in [1.807, 2.05) is 75.3 Å². The van der Waals surface area contributed by atoms with Crippen molar-refractivity contribution in [3.63, 3.8) is 0 Å². The monoisotopic (exact) mass is 419 g/mol. The summed E-state index contributed by atoms with van der Waals surface area (Å²) in [7, 11) is 3.97. The van der Waals surface area contributed by atoms with Crippen molar-refractivity contribution in [3.8, 4) is 17.6 Å². The molecule has 1 unspecified atom stereocenters. The molecule has 30 heavy (non-hydrogen) atoms. The molecule has 152 valence electrons. The van der Waals surface area contributed by atoms with E-state index in [0.717, 1.165) is 39.3 Å². The zero-order valence-electron chi connectivity index (χ0n) is 17.3. The summed E-state index contributed by atoms with van der Waals surface area (Å²) in [6.07, 6.45) is -0.889. The van der Waals surface area contributed by atoms with Gasteiger partial charge in [-0.2, -0.15) is 15.0 Å². The first kappa shape index (κ1) is 20.0. The van der Waals surface area contributed by atoms with Gasteiger partial charge in [-0.1, -0.05) is 29.8 Å². The van der Waals surface area contributed by atoms with Gasteiger partial charge in [0.1, 0.15) is 6.07 Å². The number of fused-ring (bicyclic) bond motifs is 1. The van der Waals surface area contributed by atoms with Crippen LogP contribution in [0.15, 0.2) is 48.0 Å². The van der Waals surface area contributed by atoms with Crippen LogP contribution in [0.1, 0.15) is 22.4 Å². The van der Waals surface area contributed by atoms with E-state index < -0.39 is 6.23 Å². The average molecular weight is 420 g/mol. The maximum Gasteiger partial charge on any atom is 0.226 e. The predicted octanol–water partition coefficient (Wildman–Crippen LogP) is 4.21. The fourth-order valence-corrected chi connectivity index (χ4v) is 3.86. The van der Waals surface area contributed by atoms with E-state index in [0.29, 0.717) is 16.5 Å². The molecule has 4 rings (SSSR count). The van der Waals surface area contributed by atoms with E-state index in [1.165, 1.54) is 0 Å². The number of benzene rings is 2. The summed E-state index contributed by atoms with van der Waals surface area (Å²) < 4.78 is 7.71. The fraction of sp³-hybridized carbons (Fsp3) is 0.217. The Morgan fingerprint density at radius 2 is 1.87 bits per heavy atom. The number of rotatable bonds is 3. The molecule has 1 aliphatic rings. The van der Waals surface area contributed by atoms with Crippen LogP contribution in [-0.2, 0) is 0 Å². The first-order valence-corrected chi connectivity index (χ1v) is 9.91. The lowest BCUT2D eigenvalue weighted by atomic mass is 9.91. The van der Waals surface area contributed by atoms with Gasteiger partial charge in [-0.3, -0.25) is 5.73 Å². The van der Waals surface area contributed by atoms with Gasteiger partial charge in [0.25, 0.3) is 0 Å². The van der Waals surface area contributed by atoms with E-state index in [4.69, 9.17) is 27.2 Å². The highest BCUT2D eigenvalue weighted by molar-refractivity contribution is 6.31. The van der Waals surface area contributed by atoms with Crippen LogP contribution in [0.25, 0.3) is 11.3 Å². The van der Waals surface area contributed by atoms with Crippen LogP contribution in [0, 0.1) is 25.2 Å². The summed E-state index contributed by atoms with van der Waals surface area (Å²) in [4.78, 5) is 2.02. The number of ether oxygens (including phenoxy) is 1. The van der Waals surface area contributed by atoms with E-state index in [2.05, 4.69) is 6.07 Å². The molecule has 7 heteroatoms. The molecule has 2 aromatic carbocycles. The van der Waals surface area contributed by atoms with Gasteiger partial charge in [-0.25, -0.2) is 0 Å². The summed E-state index contributed by atoms with van der Waals surface area (Å²) in [5.41, 5.74) is 12.5. The SMILES string of the molecule is Cc1nn(-c2cccc(Cl)c2C)c2c1C(c1ccc(N(C)C)cc1)=C(C#N)C(N)O2. The van der Waals surface area contributed by atoms with Gasteiger partial charge < -0.3 is 9.64 Å². The first-order valence-electron chi connectivity index (χ1n) is 9.53. The van der Waals surface area contributed by atoms with E-state index >= 15 is 0 Å². The lowest BCUT2D eigenvalue weighted by Gasteiger charge is -2.25. The molecule has 0 fully saturated rings. The normalized spacial score (nSPS) is 15.4. The van der Waals surface area contributed by atoms with Gasteiger partial charge in [-0.15, -0.1) is 0 Å². The fourth-order valence-electron chi connectivity index (χ4n) is 3.69. The van der Waals surface area contributed by atoms with E-state index in [9.17, 15) is 5.26 Å². The van der Waals surface area contributed by atoms with Gasteiger partial charge >= 0.3 is 0 Å². The number of halogens is 1. The highest BCUT2D eigenvalue weighted by Crippen LogP contribution is 2.42. The molecule has 1 aliphatic heterocycles. The predicted molar refractivity (Wildman–Crippen MR) is 119 cm³/mol. The molecule has 1 aromatic heterocycles. The number of anilines is 1. The van der Waals surface area contributed by atoms with Crippen LogP contribution in [0.4, 0.5) is 5.69 Å². The number of nitriles is 1. The summed E-state index contributed by atoms with van der Waals surface area (Å²) in [5, 5.41) is 15.2. The number of nitrogens with two attached hydrogens (primary N) is 1. The zero-order chi connectivity index (χ0) is 21.6. The molecule has 3 aromatic rings. The Hall–Kier alpha value is -3.27. The maximum absolute atomic E-state index is 9.84. The molecule has 0 aliphatic carbocycles. The standard InChI is InChI=1S/C23H22ClN5O/c1-13-18(24)6-5-7-19(13)29-23-20(14(2)27-29)21(17(12-25)22(26)30-23)15-8-10-16(11-9-15)28(3)4/h5-11,22H,26H2,1-4H3. The summed E-state index contributed by atoms with van der Waals surface area (Å²) in [6.45, 7) is 3.83. The van der Waals surface area contributed by atoms with E-state index in [-0.39, 0.29) is 0 Å². The summed E-state index contributed by atoms with van der Waals surface area (Å²) in [5.74, 6) is 0.510. The van der Waals surface area contributed by atoms with Gasteiger partial charge in [0.15, 0.2) is 6.23 Å². The third-order valence-corrected chi connectivity index (χ3v) is 5.73. The van der Waals surface area contributed by atoms with Crippen LogP contribution in [-0.4, -0.2) is 30.1 Å². The quantitative estimate of drug-likeness (QED) is 0.687. The van der Waals surface area contributed by atoms with Crippen LogP contribution in [0.2, 0.25) is 5.02 Å². The van der Waals surface area contributed by atoms with Crippen molar-refractivity contribution in [2.75, 3.05) is 19.0 Å². The van der Waals surface area contributed by atoms with E-state index in [1.54, 1.807) is 4.68 Å². The second-order valence-corrected chi connectivity index (χ2v) is 7.85. The number of hydrogen-bond acceptors (Lipinski definition) is 5. The highest BCUT2D eigenvalue weighted by atomic mass is 35.5. The number of aromatic nitrogens is 2. The summed E-state index contributed by atoms with van der Waals surface area (Å²) in [6, 6.07) is 15.9. The van der Waals surface area contributed by atoms with Gasteiger partial charge in [0, 0.05) is 30.4 Å². The Balaban J connectivity index is 1.96. The highest BCUT2D eigenvalue weighted by Gasteiger charge is 2.33. The smallest absolute Gasteiger partial charge is 0.226 e. The van der Waals surface area contributed by atoms with Crippen molar-refractivity contribution >= 4 is 22.9 Å². The van der Waals surface area contributed by atoms with Crippen molar-refractivity contribution < 1.29 is 4.74 Å². The van der Waals surface area contributed by atoms with Gasteiger partial charge in [0.2, 0.25) is 5.88 Å². The molecule has 2 heterocycles. The minimum Gasteiger partial charge on any atom is -0.453 e. The third-order valence-electron chi connectivity index (χ3n) is 5.32. The molecule has 0 saturated carbocycles. The Kier molecular flexibility index (Phi) is 5.02. The van der Waals surface area contributed by atoms with Gasteiger partial charge in [0.05, 0.1) is 22.5 Å². The van der Waals surface area contributed by atoms with Crippen LogP contribution in [0.3, 0.4) is 0 Å². The molecule has 0 spiro atoms. The van der Waals surface area contributed by atoms with Crippen LogP contribution >= 0.6 is 11.6 Å². The Morgan fingerprint density at radius 3 is 2.50 bits per heavy atom. The molecule has 0 saturated heterocycles. The van der Waals surface area contributed by atoms with Gasteiger partial charge in [-0.05, 0) is 49.2 Å². The number of aryl methyl sites for hydroxylation is 1. The molecule has 0 amide bonds. The van der Waals surface area contributed by atoms with Crippen LogP contribution < -0.4 is 15.4 Å². The van der Waals surface area contributed by atoms with Crippen molar-refractivity contribution in [1.82, 2.24) is 9.78 Å². The first-order chi connectivity index (χ1) is 14.3. The Bertz CT molecular complexity index is 1200. The lowest BCUT2D eigenvalue weighted by molar-refractivity contribution is 0.228. The lowest BCUT2D eigenvalue weighted by Crippen LogP contribution is -2.33. The molecule has 0 radical (unpaired) electrons. The third kappa shape index (κ3) is 3.13. The largest absolute Gasteiger partial charge is 0.453 e. The Labute approximate surface area is 180 Å². The number of nitrogens with zero attached hydrogens (tertiary/aromatic N) is 4.